The second kappa shape index (κ2) is 3.63. The third kappa shape index (κ3) is 2.28. The van der Waals surface area contributed by atoms with Crippen molar-refractivity contribution in [3.63, 3.8) is 0 Å². The van der Waals surface area contributed by atoms with Crippen LogP contribution in [0.15, 0.2) is 0 Å². The van der Waals surface area contributed by atoms with E-state index in [9.17, 15) is 0 Å². The Morgan fingerprint density at radius 1 is 1.38 bits per heavy atom. The van der Waals surface area contributed by atoms with E-state index in [0.717, 1.165) is 4.43 Å². The minimum Gasteiger partial charge on any atom is -0.396 e. The van der Waals surface area contributed by atoms with Gasteiger partial charge in [0.05, 0.1) is 13.2 Å². The molecule has 0 aromatic heterocycles. The first-order valence-corrected chi connectivity index (χ1v) is 3.99. The second-order valence-corrected chi connectivity index (χ2v) is 3.02. The molecule has 3 heteroatoms. The Balaban J connectivity index is 3.58. The van der Waals surface area contributed by atoms with Gasteiger partial charge in [0, 0.05) is 9.84 Å². The van der Waals surface area contributed by atoms with Crippen LogP contribution < -0.4 is 0 Å². The van der Waals surface area contributed by atoms with Gasteiger partial charge in [0.1, 0.15) is 0 Å². The van der Waals surface area contributed by atoms with Crippen molar-refractivity contribution in [3.05, 3.63) is 0 Å². The summed E-state index contributed by atoms with van der Waals surface area (Å²) < 4.78 is 0.789. The van der Waals surface area contributed by atoms with Gasteiger partial charge in [-0.3, -0.25) is 0 Å². The van der Waals surface area contributed by atoms with Gasteiger partial charge in [0.2, 0.25) is 0 Å². The molecular weight excluding hydrogens is 219 g/mol. The van der Waals surface area contributed by atoms with E-state index in [4.69, 9.17) is 10.2 Å². The van der Waals surface area contributed by atoms with Gasteiger partial charge in [-0.2, -0.15) is 0 Å². The topological polar surface area (TPSA) is 40.5 Å². The van der Waals surface area contributed by atoms with Crippen LogP contribution in [0.4, 0.5) is 0 Å². The van der Waals surface area contributed by atoms with Crippen LogP contribution in [0.25, 0.3) is 0 Å². The summed E-state index contributed by atoms with van der Waals surface area (Å²) in [5.41, 5.74) is -0.277. The van der Waals surface area contributed by atoms with Crippen LogP contribution in [0, 0.1) is 5.41 Å². The third-order valence-corrected chi connectivity index (χ3v) is 2.93. The first kappa shape index (κ1) is 8.65. The number of hydrogen-bond acceptors (Lipinski definition) is 2. The monoisotopic (exact) mass is 230 g/mol. The summed E-state index contributed by atoms with van der Waals surface area (Å²) >= 11 is 2.15. The van der Waals surface area contributed by atoms with Gasteiger partial charge in [-0.05, 0) is 0 Å². The molecule has 0 unspecified atom stereocenters. The van der Waals surface area contributed by atoms with Crippen LogP contribution in [0.3, 0.4) is 0 Å². The summed E-state index contributed by atoms with van der Waals surface area (Å²) in [7, 11) is 0. The highest BCUT2D eigenvalue weighted by Crippen LogP contribution is 2.16. The Morgan fingerprint density at radius 3 is 1.75 bits per heavy atom. The molecule has 0 saturated carbocycles. The summed E-state index contributed by atoms with van der Waals surface area (Å²) in [5.74, 6) is 0. The molecule has 2 N–H and O–H groups in total. The number of aliphatic hydroxyl groups excluding tert-OH is 2. The lowest BCUT2D eigenvalue weighted by atomic mass is 9.97. The van der Waals surface area contributed by atoms with E-state index < -0.39 is 0 Å². The highest BCUT2D eigenvalue weighted by atomic mass is 127. The minimum atomic E-state index is -0.277. The standard InChI is InChI=1S/C5H11IO2/c1-5(2-6,3-7)4-8/h7-8H,2-4H2,1H3. The van der Waals surface area contributed by atoms with Gasteiger partial charge in [0.25, 0.3) is 0 Å². The zero-order valence-electron chi connectivity index (χ0n) is 4.89. The number of alkyl halides is 1. The molecule has 2 nitrogen and oxygen atoms in total. The van der Waals surface area contributed by atoms with Crippen molar-refractivity contribution in [3.8, 4) is 0 Å². The molecule has 50 valence electrons. The van der Waals surface area contributed by atoms with E-state index >= 15 is 0 Å². The minimum absolute atomic E-state index is 0.0619. The van der Waals surface area contributed by atoms with Gasteiger partial charge < -0.3 is 10.2 Å². The third-order valence-electron chi connectivity index (χ3n) is 1.09. The van der Waals surface area contributed by atoms with E-state index in [1.165, 1.54) is 0 Å². The Labute approximate surface area is 63.0 Å². The van der Waals surface area contributed by atoms with Gasteiger partial charge in [0.15, 0.2) is 0 Å². The Kier molecular flexibility index (Phi) is 3.93. The fourth-order valence-electron chi connectivity index (χ4n) is 0.135. The lowest BCUT2D eigenvalue weighted by molar-refractivity contribution is 0.0918. The first-order chi connectivity index (χ1) is 3.68. The molecule has 0 saturated heterocycles. The number of halogens is 1. The molecular formula is C5H11IO2. The lowest BCUT2D eigenvalue weighted by Crippen LogP contribution is -2.27. The molecule has 0 amide bonds. The fraction of sp³-hybridized carbons (Fsp3) is 1.00. The maximum Gasteiger partial charge on any atom is 0.0514 e. The molecule has 0 spiro atoms. The second-order valence-electron chi connectivity index (χ2n) is 2.26. The average Bonchev–Trinajstić information content (AvgIpc) is 1.87. The SMILES string of the molecule is CC(CO)(CO)CI. The quantitative estimate of drug-likeness (QED) is 0.544. The largest absolute Gasteiger partial charge is 0.396 e. The molecule has 0 aromatic carbocycles. The Hall–Kier alpha value is 0.650. The zero-order chi connectivity index (χ0) is 6.62. The maximum absolute atomic E-state index is 8.62. The van der Waals surface area contributed by atoms with Gasteiger partial charge in [-0.1, -0.05) is 29.5 Å². The molecule has 0 radical (unpaired) electrons. The van der Waals surface area contributed by atoms with Crippen molar-refractivity contribution in [2.24, 2.45) is 5.41 Å². The summed E-state index contributed by atoms with van der Waals surface area (Å²) in [6.45, 7) is 1.97. The van der Waals surface area contributed by atoms with E-state index in [1.807, 2.05) is 6.92 Å². The summed E-state index contributed by atoms with van der Waals surface area (Å²) in [5, 5.41) is 17.2. The van der Waals surface area contributed by atoms with Crippen molar-refractivity contribution in [1.82, 2.24) is 0 Å². The van der Waals surface area contributed by atoms with Crippen LogP contribution in [0.1, 0.15) is 6.92 Å². The number of hydrogen-bond donors (Lipinski definition) is 2. The predicted octanol–water partition coefficient (Wildman–Crippen LogP) is 0.412. The highest BCUT2D eigenvalue weighted by molar-refractivity contribution is 14.1. The molecule has 0 fully saturated rings. The predicted molar refractivity (Wildman–Crippen MR) is 41.2 cm³/mol. The van der Waals surface area contributed by atoms with E-state index in [-0.39, 0.29) is 18.6 Å². The first-order valence-electron chi connectivity index (χ1n) is 2.46. The molecule has 0 heterocycles. The smallest absolute Gasteiger partial charge is 0.0514 e. The average molecular weight is 230 g/mol. The van der Waals surface area contributed by atoms with Crippen molar-refractivity contribution in [1.29, 1.82) is 0 Å². The normalized spacial score (nSPS) is 12.0. The van der Waals surface area contributed by atoms with E-state index in [1.54, 1.807) is 0 Å². The van der Waals surface area contributed by atoms with E-state index in [0.29, 0.717) is 0 Å². The lowest BCUT2D eigenvalue weighted by Gasteiger charge is -2.20. The highest BCUT2D eigenvalue weighted by Gasteiger charge is 2.19. The van der Waals surface area contributed by atoms with Crippen LogP contribution >= 0.6 is 22.6 Å². The Bertz CT molecular complexity index is 53.2. The molecule has 0 aliphatic rings. The van der Waals surface area contributed by atoms with Crippen molar-refractivity contribution < 1.29 is 10.2 Å². The summed E-state index contributed by atoms with van der Waals surface area (Å²) in [6, 6.07) is 0. The van der Waals surface area contributed by atoms with Gasteiger partial charge in [-0.15, -0.1) is 0 Å². The van der Waals surface area contributed by atoms with E-state index in [2.05, 4.69) is 22.6 Å². The summed E-state index contributed by atoms with van der Waals surface area (Å²) in [4.78, 5) is 0. The Morgan fingerprint density at radius 2 is 1.75 bits per heavy atom. The summed E-state index contributed by atoms with van der Waals surface area (Å²) in [6.07, 6.45) is 0. The molecule has 0 aliphatic carbocycles. The molecule has 0 bridgehead atoms. The van der Waals surface area contributed by atoms with Crippen LogP contribution in [0.2, 0.25) is 0 Å². The molecule has 0 rings (SSSR count). The van der Waals surface area contributed by atoms with Crippen molar-refractivity contribution in [2.75, 3.05) is 17.6 Å². The molecule has 0 aliphatic heterocycles. The van der Waals surface area contributed by atoms with Crippen molar-refractivity contribution in [2.45, 2.75) is 6.92 Å². The maximum atomic E-state index is 8.62. The zero-order valence-corrected chi connectivity index (χ0v) is 7.05. The van der Waals surface area contributed by atoms with Crippen LogP contribution in [-0.4, -0.2) is 27.9 Å². The number of aliphatic hydroxyl groups is 2. The van der Waals surface area contributed by atoms with Crippen LogP contribution in [-0.2, 0) is 0 Å². The van der Waals surface area contributed by atoms with Gasteiger partial charge in [-0.25, -0.2) is 0 Å². The molecule has 8 heavy (non-hydrogen) atoms. The molecule has 0 aromatic rings. The fourth-order valence-corrected chi connectivity index (χ4v) is 0.617. The van der Waals surface area contributed by atoms with Crippen molar-refractivity contribution >= 4 is 22.6 Å². The van der Waals surface area contributed by atoms with Gasteiger partial charge >= 0.3 is 0 Å². The van der Waals surface area contributed by atoms with Crippen LogP contribution in [0.5, 0.6) is 0 Å². The number of rotatable bonds is 3. The molecule has 0 atom stereocenters.